The van der Waals surface area contributed by atoms with Crippen LogP contribution in [0.4, 0.5) is 0 Å². The topological polar surface area (TPSA) is 0 Å². The maximum absolute atomic E-state index is 3.57. The Labute approximate surface area is 149 Å². The van der Waals surface area contributed by atoms with E-state index in [1.54, 1.807) is 0 Å². The first-order valence-electron chi connectivity index (χ1n) is 6.33. The van der Waals surface area contributed by atoms with Crippen molar-refractivity contribution in [2.45, 2.75) is 0 Å². The Kier molecular flexibility index (Phi) is 2.80. The van der Waals surface area contributed by atoms with Gasteiger partial charge in [0.25, 0.3) is 0 Å². The second-order valence-corrected chi connectivity index (χ2v) is 10.1. The van der Waals surface area contributed by atoms with Crippen molar-refractivity contribution >= 4 is 105 Å². The molecule has 0 N–H and O–H groups in total. The lowest BCUT2D eigenvalue weighted by Crippen LogP contribution is -1.64. The van der Waals surface area contributed by atoms with E-state index in [1.807, 2.05) is 34.0 Å². The van der Waals surface area contributed by atoms with Gasteiger partial charge in [-0.15, -0.1) is 34.0 Å². The van der Waals surface area contributed by atoms with Crippen LogP contribution in [-0.4, -0.2) is 0 Å². The second kappa shape index (κ2) is 4.52. The zero-order valence-electron chi connectivity index (χ0n) is 10.4. The highest BCUT2D eigenvalue weighted by Crippen LogP contribution is 2.50. The van der Waals surface area contributed by atoms with E-state index >= 15 is 0 Å². The summed E-state index contributed by atoms with van der Waals surface area (Å²) in [5, 5.41) is 4.21. The first kappa shape index (κ1) is 13.0. The molecular formula is C16H6Br2S3. The Morgan fingerprint density at radius 2 is 1.33 bits per heavy atom. The summed E-state index contributed by atoms with van der Waals surface area (Å²) in [7, 11) is 0. The molecule has 0 spiro atoms. The fraction of sp³-hybridized carbons (Fsp3) is 0. The molecule has 0 aliphatic heterocycles. The molecule has 5 aromatic rings. The number of halogens is 2. The van der Waals surface area contributed by atoms with Crippen LogP contribution >= 0.6 is 65.9 Å². The molecule has 2 aromatic carbocycles. The Hall–Kier alpha value is -0.460. The summed E-state index contributed by atoms with van der Waals surface area (Å²) in [6.45, 7) is 0. The van der Waals surface area contributed by atoms with E-state index in [0.717, 1.165) is 8.95 Å². The van der Waals surface area contributed by atoms with Crippen LogP contribution in [0.5, 0.6) is 0 Å². The molecule has 3 heterocycles. The highest BCUT2D eigenvalue weighted by atomic mass is 79.9. The van der Waals surface area contributed by atoms with Crippen molar-refractivity contribution in [2.75, 3.05) is 0 Å². The van der Waals surface area contributed by atoms with Crippen molar-refractivity contribution in [1.29, 1.82) is 0 Å². The zero-order chi connectivity index (χ0) is 14.1. The Balaban J connectivity index is 2.03. The number of fused-ring (bicyclic) bond motifs is 7. The highest BCUT2D eigenvalue weighted by Gasteiger charge is 2.16. The predicted molar refractivity (Wildman–Crippen MR) is 105 cm³/mol. The summed E-state index contributed by atoms with van der Waals surface area (Å²) in [6.07, 6.45) is 0. The summed E-state index contributed by atoms with van der Waals surface area (Å²) >= 11 is 12.9. The summed E-state index contributed by atoms with van der Waals surface area (Å²) < 4.78 is 9.36. The van der Waals surface area contributed by atoms with Gasteiger partial charge in [-0.25, -0.2) is 0 Å². The van der Waals surface area contributed by atoms with Crippen molar-refractivity contribution in [2.24, 2.45) is 0 Å². The van der Waals surface area contributed by atoms with Crippen molar-refractivity contribution < 1.29 is 0 Å². The largest absolute Gasteiger partial charge is 0.134 e. The molecule has 0 unspecified atom stereocenters. The van der Waals surface area contributed by atoms with Gasteiger partial charge >= 0.3 is 0 Å². The van der Waals surface area contributed by atoms with Gasteiger partial charge in [-0.1, -0.05) is 44.0 Å². The number of rotatable bonds is 0. The Bertz CT molecular complexity index is 1160. The lowest BCUT2D eigenvalue weighted by Gasteiger charge is -1.91. The molecular weight excluding hydrogens is 448 g/mol. The van der Waals surface area contributed by atoms with Crippen LogP contribution in [-0.2, 0) is 0 Å². The fourth-order valence-corrected chi connectivity index (χ4v) is 8.06. The lowest BCUT2D eigenvalue weighted by molar-refractivity contribution is 1.78. The standard InChI is InChI=1S/C16H6Br2S3/c17-7-1-3-9-11(5-7)20-16-13(9)15-14(21-16)10-4-2-8(18)6-12(10)19-15/h1-6H. The van der Waals surface area contributed by atoms with E-state index in [4.69, 9.17) is 0 Å². The normalized spacial score (nSPS) is 12.3. The SMILES string of the molecule is Brc1ccc2c(c1)sc1c2sc2sc3cc(Br)ccc3c21. The van der Waals surface area contributed by atoms with Crippen LogP contribution in [0.1, 0.15) is 0 Å². The van der Waals surface area contributed by atoms with Crippen molar-refractivity contribution in [3.05, 3.63) is 45.3 Å². The highest BCUT2D eigenvalue weighted by molar-refractivity contribution is 9.10. The number of hydrogen-bond acceptors (Lipinski definition) is 3. The van der Waals surface area contributed by atoms with Crippen LogP contribution in [0.3, 0.4) is 0 Å². The van der Waals surface area contributed by atoms with E-state index in [1.165, 1.54) is 39.0 Å². The molecule has 0 amide bonds. The average molecular weight is 454 g/mol. The van der Waals surface area contributed by atoms with Crippen LogP contribution in [0.25, 0.3) is 39.0 Å². The molecule has 5 heteroatoms. The minimum Gasteiger partial charge on any atom is -0.134 e. The fourth-order valence-electron chi connectivity index (χ4n) is 2.74. The monoisotopic (exact) mass is 452 g/mol. The molecule has 0 aliphatic carbocycles. The van der Waals surface area contributed by atoms with Gasteiger partial charge in [0.1, 0.15) is 0 Å². The van der Waals surface area contributed by atoms with Crippen LogP contribution < -0.4 is 0 Å². The van der Waals surface area contributed by atoms with Gasteiger partial charge in [0.05, 0.1) is 13.4 Å². The molecule has 0 atom stereocenters. The third-order valence-corrected chi connectivity index (χ3v) is 8.40. The van der Waals surface area contributed by atoms with Gasteiger partial charge in [-0.05, 0) is 24.3 Å². The van der Waals surface area contributed by atoms with Crippen molar-refractivity contribution in [3.8, 4) is 0 Å². The molecule has 0 bridgehead atoms. The molecule has 0 aliphatic rings. The van der Waals surface area contributed by atoms with E-state index in [0.29, 0.717) is 0 Å². The average Bonchev–Trinajstić information content (AvgIpc) is 3.05. The quantitative estimate of drug-likeness (QED) is 0.222. The van der Waals surface area contributed by atoms with Gasteiger partial charge in [0.15, 0.2) is 0 Å². The number of hydrogen-bond donors (Lipinski definition) is 0. The van der Waals surface area contributed by atoms with Gasteiger partial charge in [-0.3, -0.25) is 0 Å². The summed E-state index contributed by atoms with van der Waals surface area (Å²) in [6, 6.07) is 13.2. The van der Waals surface area contributed by atoms with E-state index < -0.39 is 0 Å². The molecule has 0 nitrogen and oxygen atoms in total. The summed E-state index contributed by atoms with van der Waals surface area (Å²) in [5.41, 5.74) is 0. The lowest BCUT2D eigenvalue weighted by atomic mass is 10.2. The predicted octanol–water partition coefficient (Wildman–Crippen LogP) is 8.01. The Morgan fingerprint density at radius 1 is 0.667 bits per heavy atom. The first-order valence-corrected chi connectivity index (χ1v) is 10.4. The Morgan fingerprint density at radius 3 is 2.10 bits per heavy atom. The molecule has 0 fully saturated rings. The maximum Gasteiger partial charge on any atom is 0.0898 e. The molecule has 0 radical (unpaired) electrons. The minimum atomic E-state index is 1.15. The van der Waals surface area contributed by atoms with Gasteiger partial charge < -0.3 is 0 Å². The smallest absolute Gasteiger partial charge is 0.0898 e. The molecule has 5 rings (SSSR count). The molecule has 102 valence electrons. The van der Waals surface area contributed by atoms with E-state index in [9.17, 15) is 0 Å². The van der Waals surface area contributed by atoms with Crippen molar-refractivity contribution in [3.63, 3.8) is 0 Å². The van der Waals surface area contributed by atoms with Gasteiger partial charge in [0.2, 0.25) is 0 Å². The molecule has 0 saturated carbocycles. The van der Waals surface area contributed by atoms with E-state index in [2.05, 4.69) is 68.3 Å². The van der Waals surface area contributed by atoms with Crippen LogP contribution in [0.15, 0.2) is 45.3 Å². The van der Waals surface area contributed by atoms with Crippen LogP contribution in [0.2, 0.25) is 0 Å². The van der Waals surface area contributed by atoms with Gasteiger partial charge in [0, 0.05) is 34.5 Å². The number of benzene rings is 2. The van der Waals surface area contributed by atoms with Crippen molar-refractivity contribution in [1.82, 2.24) is 0 Å². The molecule has 3 aromatic heterocycles. The van der Waals surface area contributed by atoms with E-state index in [-0.39, 0.29) is 0 Å². The first-order chi connectivity index (χ1) is 10.2. The third-order valence-electron chi connectivity index (χ3n) is 3.65. The molecule has 21 heavy (non-hydrogen) atoms. The minimum absolute atomic E-state index is 1.15. The molecule has 0 saturated heterocycles. The van der Waals surface area contributed by atoms with Crippen LogP contribution in [0, 0.1) is 0 Å². The van der Waals surface area contributed by atoms with Gasteiger partial charge in [-0.2, -0.15) is 0 Å². The second-order valence-electron chi connectivity index (χ2n) is 4.91. The number of thiophene rings is 3. The zero-order valence-corrected chi connectivity index (χ0v) is 16.1. The summed E-state index contributed by atoms with van der Waals surface area (Å²) in [4.78, 5) is 0. The third kappa shape index (κ3) is 1.82. The summed E-state index contributed by atoms with van der Waals surface area (Å²) in [5.74, 6) is 0. The maximum atomic E-state index is 3.57.